The van der Waals surface area contributed by atoms with Crippen molar-refractivity contribution in [2.45, 2.75) is 19.3 Å². The second-order valence-electron chi connectivity index (χ2n) is 4.58. The van der Waals surface area contributed by atoms with Gasteiger partial charge in [0.2, 0.25) is 5.91 Å². The first-order valence-electron chi connectivity index (χ1n) is 6.45. The molecule has 0 spiro atoms. The van der Waals surface area contributed by atoms with E-state index in [1.54, 1.807) is 6.07 Å². The zero-order valence-electron chi connectivity index (χ0n) is 11.4. The fraction of sp³-hybridized carbons (Fsp3) is 0.333. The number of carboxylic acid groups (broad SMARTS) is 1. The van der Waals surface area contributed by atoms with E-state index in [1.807, 2.05) is 30.3 Å². The second kappa shape index (κ2) is 8.48. The molecule has 0 aliphatic heterocycles. The van der Waals surface area contributed by atoms with E-state index in [1.165, 1.54) is 0 Å². The van der Waals surface area contributed by atoms with Gasteiger partial charge in [-0.1, -0.05) is 30.3 Å². The van der Waals surface area contributed by atoms with Crippen LogP contribution in [0.5, 0.6) is 0 Å². The lowest BCUT2D eigenvalue weighted by atomic mass is 9.92. The Labute approximate surface area is 122 Å². The van der Waals surface area contributed by atoms with Gasteiger partial charge in [-0.15, -0.1) is 0 Å². The molecule has 21 heavy (non-hydrogen) atoms. The van der Waals surface area contributed by atoms with Gasteiger partial charge in [0.15, 0.2) is 0 Å². The minimum atomic E-state index is -1.15. The van der Waals surface area contributed by atoms with Crippen LogP contribution in [0.1, 0.15) is 18.4 Å². The number of Topliss-reactive ketones (excluding diaryl/α,β-unsaturated/α-hetero) is 1. The SMILES string of the molecule is N#CCC(=O)CC(Cc1ccccc1)C(=O)NCC(=O)O. The number of carboxylic acids is 1. The van der Waals surface area contributed by atoms with E-state index < -0.39 is 24.3 Å². The van der Waals surface area contributed by atoms with Gasteiger partial charge in [0.25, 0.3) is 0 Å². The third-order valence-corrected chi connectivity index (χ3v) is 2.86. The summed E-state index contributed by atoms with van der Waals surface area (Å²) in [6.45, 7) is -0.490. The normalized spacial score (nSPS) is 11.2. The highest BCUT2D eigenvalue weighted by molar-refractivity contribution is 5.89. The first-order chi connectivity index (χ1) is 10.0. The van der Waals surface area contributed by atoms with Crippen molar-refractivity contribution >= 4 is 17.7 Å². The van der Waals surface area contributed by atoms with Gasteiger partial charge in [0.05, 0.1) is 12.5 Å². The Balaban J connectivity index is 2.74. The summed E-state index contributed by atoms with van der Waals surface area (Å²) in [5.74, 6) is -2.64. The van der Waals surface area contributed by atoms with Crippen molar-refractivity contribution < 1.29 is 19.5 Å². The number of nitriles is 1. The number of hydrogen-bond acceptors (Lipinski definition) is 4. The van der Waals surface area contributed by atoms with Crippen molar-refractivity contribution in [2.75, 3.05) is 6.54 Å². The van der Waals surface area contributed by atoms with Crippen LogP contribution in [0.25, 0.3) is 0 Å². The lowest BCUT2D eigenvalue weighted by Crippen LogP contribution is -2.36. The highest BCUT2D eigenvalue weighted by Gasteiger charge is 2.22. The van der Waals surface area contributed by atoms with Gasteiger partial charge in [0.1, 0.15) is 12.3 Å². The Morgan fingerprint density at radius 3 is 2.48 bits per heavy atom. The van der Waals surface area contributed by atoms with Crippen LogP contribution in [0.2, 0.25) is 0 Å². The Morgan fingerprint density at radius 1 is 1.24 bits per heavy atom. The van der Waals surface area contributed by atoms with Crippen molar-refractivity contribution in [2.24, 2.45) is 5.92 Å². The molecule has 0 saturated carbocycles. The second-order valence-corrected chi connectivity index (χ2v) is 4.58. The molecule has 1 unspecified atom stereocenters. The molecule has 0 aromatic heterocycles. The molecule has 0 bridgehead atoms. The number of nitrogens with one attached hydrogen (secondary N) is 1. The molecule has 1 amide bonds. The van der Waals surface area contributed by atoms with Crippen molar-refractivity contribution in [1.82, 2.24) is 5.32 Å². The number of ketones is 1. The maximum absolute atomic E-state index is 12.0. The van der Waals surface area contributed by atoms with E-state index >= 15 is 0 Å². The van der Waals surface area contributed by atoms with Gasteiger partial charge >= 0.3 is 5.97 Å². The molecule has 2 N–H and O–H groups in total. The molecule has 1 aromatic carbocycles. The average Bonchev–Trinajstić information content (AvgIpc) is 2.45. The fourth-order valence-corrected chi connectivity index (χ4v) is 1.90. The molecule has 0 radical (unpaired) electrons. The molecule has 6 nitrogen and oxygen atoms in total. The maximum atomic E-state index is 12.0. The van der Waals surface area contributed by atoms with Crippen LogP contribution in [0.3, 0.4) is 0 Å². The van der Waals surface area contributed by atoms with Gasteiger partial charge in [-0.25, -0.2) is 0 Å². The maximum Gasteiger partial charge on any atom is 0.322 e. The van der Waals surface area contributed by atoms with Crippen molar-refractivity contribution in [1.29, 1.82) is 5.26 Å². The van der Waals surface area contributed by atoms with Crippen molar-refractivity contribution in [3.63, 3.8) is 0 Å². The minimum absolute atomic E-state index is 0.0755. The zero-order chi connectivity index (χ0) is 15.7. The predicted molar refractivity (Wildman–Crippen MR) is 74.1 cm³/mol. The summed E-state index contributed by atoms with van der Waals surface area (Å²) in [4.78, 5) is 34.0. The Hall–Kier alpha value is -2.68. The molecule has 1 atom stereocenters. The zero-order valence-corrected chi connectivity index (χ0v) is 11.4. The van der Waals surface area contributed by atoms with Crippen LogP contribution in [0.4, 0.5) is 0 Å². The molecule has 1 rings (SSSR count). The van der Waals surface area contributed by atoms with Gasteiger partial charge in [0, 0.05) is 12.3 Å². The van der Waals surface area contributed by atoms with Crippen LogP contribution < -0.4 is 5.32 Å². The van der Waals surface area contributed by atoms with Crippen molar-refractivity contribution in [3.8, 4) is 6.07 Å². The number of nitrogens with zero attached hydrogens (tertiary/aromatic N) is 1. The van der Waals surface area contributed by atoms with Gasteiger partial charge in [-0.2, -0.15) is 5.26 Å². The number of carbonyl (C=O) groups is 3. The van der Waals surface area contributed by atoms with E-state index in [2.05, 4.69) is 5.32 Å². The Bertz CT molecular complexity index is 549. The Morgan fingerprint density at radius 2 is 1.90 bits per heavy atom. The predicted octanol–water partition coefficient (Wildman–Crippen LogP) is 0.919. The number of rotatable bonds is 8. The molecule has 0 saturated heterocycles. The average molecular weight is 288 g/mol. The standard InChI is InChI=1S/C15H16N2O4/c16-7-6-13(18)9-12(15(21)17-10-14(19)20)8-11-4-2-1-3-5-11/h1-5,12H,6,8-10H2,(H,17,21)(H,19,20). The number of amides is 1. The molecule has 0 fully saturated rings. The number of carbonyl (C=O) groups excluding carboxylic acids is 2. The number of aliphatic carboxylic acids is 1. The summed E-state index contributed by atoms with van der Waals surface area (Å²) in [6, 6.07) is 10.9. The molecular weight excluding hydrogens is 272 g/mol. The largest absolute Gasteiger partial charge is 0.480 e. The molecule has 1 aromatic rings. The minimum Gasteiger partial charge on any atom is -0.480 e. The summed E-state index contributed by atoms with van der Waals surface area (Å²) >= 11 is 0. The van der Waals surface area contributed by atoms with E-state index in [0.29, 0.717) is 6.42 Å². The van der Waals surface area contributed by atoms with Crippen molar-refractivity contribution in [3.05, 3.63) is 35.9 Å². The summed E-state index contributed by atoms with van der Waals surface area (Å²) in [6.07, 6.45) is -0.00509. The summed E-state index contributed by atoms with van der Waals surface area (Å²) in [5.41, 5.74) is 0.873. The van der Waals surface area contributed by atoms with Gasteiger partial charge < -0.3 is 10.4 Å². The highest BCUT2D eigenvalue weighted by atomic mass is 16.4. The first kappa shape index (κ1) is 16.4. The third kappa shape index (κ3) is 6.34. The van der Waals surface area contributed by atoms with Crippen LogP contribution >= 0.6 is 0 Å². The van der Waals surface area contributed by atoms with E-state index in [-0.39, 0.29) is 18.6 Å². The number of benzene rings is 1. The fourth-order valence-electron chi connectivity index (χ4n) is 1.90. The molecule has 0 heterocycles. The lowest BCUT2D eigenvalue weighted by molar-refractivity contribution is -0.138. The van der Waals surface area contributed by atoms with E-state index in [9.17, 15) is 14.4 Å². The van der Waals surface area contributed by atoms with E-state index in [4.69, 9.17) is 10.4 Å². The van der Waals surface area contributed by atoms with Crippen LogP contribution in [-0.4, -0.2) is 29.3 Å². The molecule has 0 aliphatic rings. The summed E-state index contributed by atoms with van der Waals surface area (Å²) in [7, 11) is 0. The highest BCUT2D eigenvalue weighted by Crippen LogP contribution is 2.14. The quantitative estimate of drug-likeness (QED) is 0.739. The Kier molecular flexibility index (Phi) is 6.61. The third-order valence-electron chi connectivity index (χ3n) is 2.86. The molecule has 110 valence electrons. The topological polar surface area (TPSA) is 107 Å². The molecular formula is C15H16N2O4. The monoisotopic (exact) mass is 288 g/mol. The first-order valence-corrected chi connectivity index (χ1v) is 6.45. The summed E-state index contributed by atoms with van der Waals surface area (Å²) < 4.78 is 0. The summed E-state index contributed by atoms with van der Waals surface area (Å²) in [5, 5.41) is 19.4. The molecule has 6 heteroatoms. The van der Waals surface area contributed by atoms with E-state index in [0.717, 1.165) is 5.56 Å². The smallest absolute Gasteiger partial charge is 0.322 e. The number of hydrogen-bond donors (Lipinski definition) is 2. The molecule has 0 aliphatic carbocycles. The van der Waals surface area contributed by atoms with Crippen LogP contribution in [0, 0.1) is 17.2 Å². The van der Waals surface area contributed by atoms with Crippen LogP contribution in [-0.2, 0) is 20.8 Å². The van der Waals surface area contributed by atoms with Gasteiger partial charge in [-0.3, -0.25) is 14.4 Å². The van der Waals surface area contributed by atoms with Crippen LogP contribution in [0.15, 0.2) is 30.3 Å². The lowest BCUT2D eigenvalue weighted by Gasteiger charge is -2.15. The van der Waals surface area contributed by atoms with Gasteiger partial charge in [-0.05, 0) is 12.0 Å².